The molecule has 0 aliphatic carbocycles. The van der Waals surface area contributed by atoms with Gasteiger partial charge in [0, 0.05) is 18.0 Å². The number of primary amides is 1. The van der Waals surface area contributed by atoms with Crippen LogP contribution < -0.4 is 16.4 Å². The fourth-order valence-electron chi connectivity index (χ4n) is 2.34. The van der Waals surface area contributed by atoms with E-state index in [9.17, 15) is 9.59 Å². The Kier molecular flexibility index (Phi) is 5.91. The van der Waals surface area contributed by atoms with Crippen molar-refractivity contribution in [2.75, 3.05) is 16.5 Å². The third-order valence-corrected chi connectivity index (χ3v) is 4.58. The topological polar surface area (TPSA) is 97.1 Å². The summed E-state index contributed by atoms with van der Waals surface area (Å²) in [5.74, 6) is 4.08. The number of fused-ring (bicyclic) bond motifs is 1. The first-order valence-corrected chi connectivity index (χ1v) is 9.34. The molecule has 0 spiro atoms. The van der Waals surface area contributed by atoms with Crippen molar-refractivity contribution in [2.24, 2.45) is 5.73 Å². The van der Waals surface area contributed by atoms with E-state index in [0.29, 0.717) is 17.4 Å². The number of aromatic nitrogens is 1. The van der Waals surface area contributed by atoms with Crippen molar-refractivity contribution in [2.45, 2.75) is 6.42 Å². The number of thiazole rings is 1. The van der Waals surface area contributed by atoms with Gasteiger partial charge in [0.25, 0.3) is 5.91 Å². The van der Waals surface area contributed by atoms with E-state index in [1.54, 1.807) is 0 Å². The molecule has 0 atom stereocenters. The number of benzene rings is 2. The molecule has 0 unspecified atom stereocenters. The number of carbonyl (C=O) groups excluding carboxylic acids is 2. The minimum absolute atomic E-state index is 0.0178. The minimum Gasteiger partial charge on any atom is -0.364 e. The second-order valence-electron chi connectivity index (χ2n) is 5.44. The molecular weight excluding hydrogens is 384 g/mol. The standard InChI is InChI=1S/C19H15ClN4O2S/c20-10-4-3-7-15(25)23-18-16(17(21)26)24-19(27-18)22-14-9-8-12-5-1-2-6-13(12)11-14/h1-2,5-6,8-9,11H,4,10H2,(H2,21,26)(H,22,24)(H,23,25). The third-order valence-electron chi connectivity index (χ3n) is 3.51. The number of hydrogen-bond acceptors (Lipinski definition) is 5. The molecule has 0 radical (unpaired) electrons. The van der Waals surface area contributed by atoms with Crippen LogP contribution in [0.25, 0.3) is 10.8 Å². The number of rotatable bonds is 5. The minimum atomic E-state index is -0.734. The van der Waals surface area contributed by atoms with E-state index in [1.165, 1.54) is 0 Å². The molecule has 27 heavy (non-hydrogen) atoms. The first-order valence-electron chi connectivity index (χ1n) is 7.99. The molecule has 0 saturated heterocycles. The Balaban J connectivity index is 1.82. The van der Waals surface area contributed by atoms with Crippen molar-refractivity contribution in [3.05, 3.63) is 48.2 Å². The summed E-state index contributed by atoms with van der Waals surface area (Å²) < 4.78 is 0. The Labute approximate surface area is 164 Å². The van der Waals surface area contributed by atoms with Gasteiger partial charge in [-0.25, -0.2) is 4.98 Å². The van der Waals surface area contributed by atoms with Crippen molar-refractivity contribution in [3.8, 4) is 11.8 Å². The average Bonchev–Trinajstić information content (AvgIpc) is 3.04. The number of nitrogens with zero attached hydrogens (tertiary/aromatic N) is 1. The van der Waals surface area contributed by atoms with E-state index in [1.807, 2.05) is 42.5 Å². The van der Waals surface area contributed by atoms with E-state index in [-0.39, 0.29) is 10.7 Å². The van der Waals surface area contributed by atoms with Gasteiger partial charge in [0.1, 0.15) is 5.00 Å². The van der Waals surface area contributed by atoms with Crippen molar-refractivity contribution in [1.29, 1.82) is 0 Å². The van der Waals surface area contributed by atoms with Crippen LogP contribution in [0.15, 0.2) is 42.5 Å². The lowest BCUT2D eigenvalue weighted by atomic mass is 10.1. The molecule has 0 saturated carbocycles. The molecule has 2 aromatic carbocycles. The maximum atomic E-state index is 11.9. The van der Waals surface area contributed by atoms with Crippen molar-refractivity contribution >= 4 is 61.3 Å². The summed E-state index contributed by atoms with van der Waals surface area (Å²) in [5, 5.41) is 8.54. The predicted molar refractivity (Wildman–Crippen MR) is 110 cm³/mol. The number of alkyl halides is 1. The molecule has 0 aliphatic rings. The fourth-order valence-corrected chi connectivity index (χ4v) is 3.32. The Bertz CT molecular complexity index is 1070. The van der Waals surface area contributed by atoms with E-state index in [2.05, 4.69) is 27.5 Å². The summed E-state index contributed by atoms with van der Waals surface area (Å²) in [6, 6.07) is 13.8. The highest BCUT2D eigenvalue weighted by atomic mass is 35.5. The smallest absolute Gasteiger partial charge is 0.300 e. The molecule has 3 aromatic rings. The zero-order valence-corrected chi connectivity index (χ0v) is 15.7. The zero-order chi connectivity index (χ0) is 19.2. The van der Waals surface area contributed by atoms with Crippen molar-refractivity contribution < 1.29 is 9.59 Å². The fraction of sp³-hybridized carbons (Fsp3) is 0.105. The third kappa shape index (κ3) is 4.76. The Morgan fingerprint density at radius 2 is 1.96 bits per heavy atom. The number of nitrogens with one attached hydrogen (secondary N) is 2. The lowest BCUT2D eigenvalue weighted by molar-refractivity contribution is -0.111. The first-order chi connectivity index (χ1) is 13.1. The van der Waals surface area contributed by atoms with E-state index in [4.69, 9.17) is 17.3 Å². The van der Waals surface area contributed by atoms with Crippen LogP contribution in [0.5, 0.6) is 0 Å². The Morgan fingerprint density at radius 1 is 1.19 bits per heavy atom. The quantitative estimate of drug-likeness (QED) is 0.450. The lowest BCUT2D eigenvalue weighted by Gasteiger charge is -2.04. The number of amides is 2. The SMILES string of the molecule is NC(=O)c1nc(Nc2ccc3ccccc3c2)sc1NC(=O)C#CCCCl. The maximum Gasteiger partial charge on any atom is 0.300 e. The number of carbonyl (C=O) groups is 2. The maximum absolute atomic E-state index is 11.9. The summed E-state index contributed by atoms with van der Waals surface area (Å²) in [6.07, 6.45) is 0.398. The van der Waals surface area contributed by atoms with Gasteiger partial charge in [-0.15, -0.1) is 11.6 Å². The largest absolute Gasteiger partial charge is 0.364 e. The van der Waals surface area contributed by atoms with Crippen LogP contribution in [0.1, 0.15) is 16.9 Å². The molecule has 8 heteroatoms. The molecule has 2 amide bonds. The highest BCUT2D eigenvalue weighted by Gasteiger charge is 2.17. The van der Waals surface area contributed by atoms with Gasteiger partial charge >= 0.3 is 5.91 Å². The molecule has 0 bridgehead atoms. The number of nitrogens with two attached hydrogens (primary N) is 1. The summed E-state index contributed by atoms with van der Waals surface area (Å²) >= 11 is 6.62. The zero-order valence-electron chi connectivity index (χ0n) is 14.1. The summed E-state index contributed by atoms with van der Waals surface area (Å²) in [6.45, 7) is 0. The van der Waals surface area contributed by atoms with Crippen LogP contribution in [0.2, 0.25) is 0 Å². The highest BCUT2D eigenvalue weighted by molar-refractivity contribution is 7.20. The van der Waals surface area contributed by atoms with Crippen LogP contribution >= 0.6 is 22.9 Å². The van der Waals surface area contributed by atoms with Crippen molar-refractivity contribution in [1.82, 2.24) is 4.98 Å². The van der Waals surface area contributed by atoms with Crippen LogP contribution in [0.4, 0.5) is 15.8 Å². The molecule has 1 heterocycles. The number of hydrogen-bond donors (Lipinski definition) is 3. The molecular formula is C19H15ClN4O2S. The van der Waals surface area contributed by atoms with E-state index in [0.717, 1.165) is 27.8 Å². The highest BCUT2D eigenvalue weighted by Crippen LogP contribution is 2.31. The van der Waals surface area contributed by atoms with E-state index >= 15 is 0 Å². The molecule has 0 aliphatic heterocycles. The first kappa shape index (κ1) is 18.7. The van der Waals surface area contributed by atoms with Gasteiger partial charge in [-0.05, 0) is 28.8 Å². The normalized spacial score (nSPS) is 10.1. The molecule has 136 valence electrons. The van der Waals surface area contributed by atoms with Crippen LogP contribution in [-0.4, -0.2) is 22.7 Å². The van der Waals surface area contributed by atoms with Crippen LogP contribution in [0.3, 0.4) is 0 Å². The van der Waals surface area contributed by atoms with Gasteiger partial charge in [-0.2, -0.15) is 0 Å². The molecule has 1 aromatic heterocycles. The van der Waals surface area contributed by atoms with Crippen LogP contribution in [0, 0.1) is 11.8 Å². The summed E-state index contributed by atoms with van der Waals surface area (Å²) in [4.78, 5) is 27.7. The van der Waals surface area contributed by atoms with Gasteiger partial charge < -0.3 is 16.4 Å². The molecule has 6 nitrogen and oxygen atoms in total. The Hall–Kier alpha value is -3.08. The lowest BCUT2D eigenvalue weighted by Crippen LogP contribution is -2.16. The Morgan fingerprint density at radius 3 is 2.70 bits per heavy atom. The van der Waals surface area contributed by atoms with Gasteiger partial charge in [-0.3, -0.25) is 9.59 Å². The number of anilines is 3. The van der Waals surface area contributed by atoms with Gasteiger partial charge in [-0.1, -0.05) is 47.6 Å². The van der Waals surface area contributed by atoms with Gasteiger partial charge in [0.2, 0.25) is 0 Å². The van der Waals surface area contributed by atoms with Gasteiger partial charge in [0.15, 0.2) is 10.8 Å². The average molecular weight is 399 g/mol. The predicted octanol–water partition coefficient (Wildman–Crippen LogP) is 3.71. The summed E-state index contributed by atoms with van der Waals surface area (Å²) in [5.41, 5.74) is 6.15. The number of halogens is 1. The molecule has 3 rings (SSSR count). The van der Waals surface area contributed by atoms with Gasteiger partial charge in [0.05, 0.1) is 0 Å². The summed E-state index contributed by atoms with van der Waals surface area (Å²) in [7, 11) is 0. The monoisotopic (exact) mass is 398 g/mol. The molecule has 4 N–H and O–H groups in total. The molecule has 0 fully saturated rings. The second kappa shape index (κ2) is 8.54. The van der Waals surface area contributed by atoms with Crippen LogP contribution in [-0.2, 0) is 4.79 Å². The van der Waals surface area contributed by atoms with E-state index < -0.39 is 11.8 Å². The second-order valence-corrected chi connectivity index (χ2v) is 6.82. The van der Waals surface area contributed by atoms with Crippen molar-refractivity contribution in [3.63, 3.8) is 0 Å².